The number of benzene rings is 1. The fourth-order valence-electron chi connectivity index (χ4n) is 3.06. The van der Waals surface area contributed by atoms with Crippen LogP contribution in [-0.4, -0.2) is 11.2 Å². The summed E-state index contributed by atoms with van der Waals surface area (Å²) in [7, 11) is 0. The highest BCUT2D eigenvalue weighted by Crippen LogP contribution is 2.39. The van der Waals surface area contributed by atoms with Crippen LogP contribution in [0.2, 0.25) is 0 Å². The van der Waals surface area contributed by atoms with Crippen molar-refractivity contribution < 1.29 is 9.50 Å². The maximum atomic E-state index is 13.3. The normalized spacial score (nSPS) is 21.3. The molecule has 1 fully saturated rings. The Hall–Kier alpha value is -0.890. The third-order valence-electron chi connectivity index (χ3n) is 4.67. The minimum atomic E-state index is -0.336. The molecule has 2 heteroatoms. The van der Waals surface area contributed by atoms with Crippen molar-refractivity contribution in [3.05, 3.63) is 35.1 Å². The van der Waals surface area contributed by atoms with Gasteiger partial charge in [-0.3, -0.25) is 0 Å². The first kappa shape index (κ1) is 14.5. The van der Waals surface area contributed by atoms with Crippen LogP contribution in [0.25, 0.3) is 0 Å². The maximum Gasteiger partial charge on any atom is 0.123 e. The molecule has 1 saturated carbocycles. The van der Waals surface area contributed by atoms with Crippen LogP contribution in [0.5, 0.6) is 0 Å². The largest absolute Gasteiger partial charge is 0.392 e. The molecule has 0 radical (unpaired) electrons. The Kier molecular flexibility index (Phi) is 4.29. The van der Waals surface area contributed by atoms with Gasteiger partial charge in [0.25, 0.3) is 0 Å². The lowest BCUT2D eigenvalue weighted by molar-refractivity contribution is 0.0575. The third-order valence-corrected chi connectivity index (χ3v) is 4.67. The van der Waals surface area contributed by atoms with Crippen molar-refractivity contribution >= 4 is 0 Å². The average molecular weight is 264 g/mol. The highest BCUT2D eigenvalue weighted by atomic mass is 19.1. The summed E-state index contributed by atoms with van der Waals surface area (Å²) in [5.41, 5.74) is 2.43. The van der Waals surface area contributed by atoms with Crippen LogP contribution in [0.3, 0.4) is 0 Å². The lowest BCUT2D eigenvalue weighted by atomic mass is 9.71. The van der Waals surface area contributed by atoms with Crippen molar-refractivity contribution in [1.82, 2.24) is 0 Å². The summed E-state index contributed by atoms with van der Waals surface area (Å²) in [6, 6.07) is 4.83. The van der Waals surface area contributed by atoms with Gasteiger partial charge in [-0.1, -0.05) is 19.9 Å². The fourth-order valence-corrected chi connectivity index (χ4v) is 3.06. The Morgan fingerprint density at radius 1 is 1.32 bits per heavy atom. The molecule has 1 N–H and O–H groups in total. The smallest absolute Gasteiger partial charge is 0.123 e. The van der Waals surface area contributed by atoms with Gasteiger partial charge in [0.15, 0.2) is 0 Å². The van der Waals surface area contributed by atoms with Crippen molar-refractivity contribution in [3.8, 4) is 0 Å². The van der Waals surface area contributed by atoms with Gasteiger partial charge in [0.2, 0.25) is 0 Å². The lowest BCUT2D eigenvalue weighted by Crippen LogP contribution is -2.30. The SMILES string of the molecule is Cc1ccc(F)cc1CC(O)C1CCC(C)(C)CC1. The summed E-state index contributed by atoms with van der Waals surface area (Å²) in [4.78, 5) is 0. The molecule has 1 nitrogen and oxygen atoms in total. The van der Waals surface area contributed by atoms with E-state index in [4.69, 9.17) is 0 Å². The minimum Gasteiger partial charge on any atom is -0.392 e. The molecule has 106 valence electrons. The van der Waals surface area contributed by atoms with Crippen LogP contribution in [0.4, 0.5) is 4.39 Å². The molecule has 0 saturated heterocycles. The molecule has 2 rings (SSSR count). The fraction of sp³-hybridized carbons (Fsp3) is 0.647. The summed E-state index contributed by atoms with van der Waals surface area (Å²) in [5, 5.41) is 10.4. The number of aliphatic hydroxyl groups excluding tert-OH is 1. The van der Waals surface area contributed by atoms with Crippen LogP contribution in [0, 0.1) is 24.1 Å². The highest BCUT2D eigenvalue weighted by molar-refractivity contribution is 5.27. The molecule has 0 aliphatic heterocycles. The monoisotopic (exact) mass is 264 g/mol. The van der Waals surface area contributed by atoms with Gasteiger partial charge in [-0.25, -0.2) is 4.39 Å². The van der Waals surface area contributed by atoms with Gasteiger partial charge in [0, 0.05) is 0 Å². The molecule has 1 aliphatic carbocycles. The highest BCUT2D eigenvalue weighted by Gasteiger charge is 2.30. The Bertz CT molecular complexity index is 429. The minimum absolute atomic E-state index is 0.211. The number of rotatable bonds is 3. The van der Waals surface area contributed by atoms with E-state index in [1.807, 2.05) is 6.92 Å². The molecule has 1 atom stereocenters. The zero-order chi connectivity index (χ0) is 14.0. The van der Waals surface area contributed by atoms with E-state index in [0.29, 0.717) is 17.8 Å². The van der Waals surface area contributed by atoms with Crippen LogP contribution in [0.15, 0.2) is 18.2 Å². The number of hydrogen-bond acceptors (Lipinski definition) is 1. The molecular weight excluding hydrogens is 239 g/mol. The molecular formula is C17H25FO. The quantitative estimate of drug-likeness (QED) is 0.865. The molecule has 1 aliphatic rings. The number of aliphatic hydroxyl groups is 1. The van der Waals surface area contributed by atoms with Crippen LogP contribution in [0.1, 0.15) is 50.7 Å². The number of hydrogen-bond donors (Lipinski definition) is 1. The summed E-state index contributed by atoms with van der Waals surface area (Å²) in [6.45, 7) is 6.57. The van der Waals surface area contributed by atoms with Gasteiger partial charge in [-0.05, 0) is 73.6 Å². The standard InChI is InChI=1S/C17H25FO/c1-12-4-5-15(18)10-14(12)11-16(19)13-6-8-17(2,3)9-7-13/h4-5,10,13,16,19H,6-9,11H2,1-3H3. The molecule has 1 aromatic carbocycles. The van der Waals surface area contributed by atoms with E-state index in [1.165, 1.54) is 18.9 Å². The van der Waals surface area contributed by atoms with Crippen LogP contribution < -0.4 is 0 Å². The Morgan fingerprint density at radius 3 is 2.58 bits per heavy atom. The third kappa shape index (κ3) is 3.79. The average Bonchev–Trinajstić information content (AvgIpc) is 2.33. The predicted octanol–water partition coefficient (Wildman–Crippen LogP) is 4.25. The topological polar surface area (TPSA) is 20.2 Å². The van der Waals surface area contributed by atoms with E-state index in [0.717, 1.165) is 24.0 Å². The maximum absolute atomic E-state index is 13.3. The molecule has 0 spiro atoms. The lowest BCUT2D eigenvalue weighted by Gasteiger charge is -2.36. The van der Waals surface area contributed by atoms with Gasteiger partial charge in [0.05, 0.1) is 6.10 Å². The number of aryl methyl sites for hydroxylation is 1. The first-order valence-electron chi connectivity index (χ1n) is 7.30. The Labute approximate surface area is 115 Å². The summed E-state index contributed by atoms with van der Waals surface area (Å²) >= 11 is 0. The van der Waals surface area contributed by atoms with Crippen molar-refractivity contribution in [1.29, 1.82) is 0 Å². The Morgan fingerprint density at radius 2 is 1.95 bits per heavy atom. The first-order valence-corrected chi connectivity index (χ1v) is 7.30. The summed E-state index contributed by atoms with van der Waals surface area (Å²) in [6.07, 6.45) is 4.77. The van der Waals surface area contributed by atoms with Gasteiger partial charge in [-0.2, -0.15) is 0 Å². The zero-order valence-corrected chi connectivity index (χ0v) is 12.2. The molecule has 0 bridgehead atoms. The molecule has 1 unspecified atom stereocenters. The van der Waals surface area contributed by atoms with Crippen molar-refractivity contribution in [2.75, 3.05) is 0 Å². The van der Waals surface area contributed by atoms with Gasteiger partial charge in [-0.15, -0.1) is 0 Å². The van der Waals surface area contributed by atoms with Gasteiger partial charge >= 0.3 is 0 Å². The van der Waals surface area contributed by atoms with E-state index in [2.05, 4.69) is 13.8 Å². The summed E-state index contributed by atoms with van der Waals surface area (Å²) < 4.78 is 13.3. The van der Waals surface area contributed by atoms with Gasteiger partial charge < -0.3 is 5.11 Å². The van der Waals surface area contributed by atoms with Crippen molar-refractivity contribution in [2.24, 2.45) is 11.3 Å². The van der Waals surface area contributed by atoms with Crippen molar-refractivity contribution in [2.45, 2.75) is 59.0 Å². The van der Waals surface area contributed by atoms with E-state index < -0.39 is 0 Å². The number of halogens is 1. The van der Waals surface area contributed by atoms with Crippen LogP contribution >= 0.6 is 0 Å². The second kappa shape index (κ2) is 5.62. The van der Waals surface area contributed by atoms with E-state index in [9.17, 15) is 9.50 Å². The molecule has 1 aromatic rings. The van der Waals surface area contributed by atoms with E-state index in [-0.39, 0.29) is 11.9 Å². The predicted molar refractivity (Wildman–Crippen MR) is 76.6 cm³/mol. The first-order chi connectivity index (χ1) is 8.87. The molecule has 0 amide bonds. The van der Waals surface area contributed by atoms with Crippen molar-refractivity contribution in [3.63, 3.8) is 0 Å². The molecule has 0 heterocycles. The molecule has 19 heavy (non-hydrogen) atoms. The zero-order valence-electron chi connectivity index (χ0n) is 12.2. The molecule has 0 aromatic heterocycles. The van der Waals surface area contributed by atoms with Gasteiger partial charge in [0.1, 0.15) is 5.82 Å². The Balaban J connectivity index is 1.98. The second-order valence-electron chi connectivity index (χ2n) is 6.84. The summed E-state index contributed by atoms with van der Waals surface area (Å²) in [5.74, 6) is 0.160. The van der Waals surface area contributed by atoms with E-state index >= 15 is 0 Å². The second-order valence-corrected chi connectivity index (χ2v) is 6.84. The van der Waals surface area contributed by atoms with E-state index in [1.54, 1.807) is 12.1 Å². The van der Waals surface area contributed by atoms with Crippen LogP contribution in [-0.2, 0) is 6.42 Å².